The second-order valence-electron chi connectivity index (χ2n) is 5.20. The van der Waals surface area contributed by atoms with Gasteiger partial charge < -0.3 is 9.52 Å². The first-order valence-electron chi connectivity index (χ1n) is 5.98. The molecule has 0 saturated heterocycles. The molecule has 1 aromatic rings. The van der Waals surface area contributed by atoms with Gasteiger partial charge in [-0.05, 0) is 38.9 Å². The van der Waals surface area contributed by atoms with Crippen LogP contribution in [0.4, 0.5) is 0 Å². The van der Waals surface area contributed by atoms with Crippen LogP contribution in [0.5, 0.6) is 0 Å². The second kappa shape index (κ2) is 4.60. The zero-order chi connectivity index (χ0) is 11.6. The molecule has 0 unspecified atom stereocenters. The molecular weight excluding hydrogens is 202 g/mol. The van der Waals surface area contributed by atoms with Crippen LogP contribution in [0.3, 0.4) is 0 Å². The van der Waals surface area contributed by atoms with E-state index in [-0.39, 0.29) is 5.41 Å². The average molecular weight is 223 g/mol. The quantitative estimate of drug-likeness (QED) is 0.831. The van der Waals surface area contributed by atoms with Gasteiger partial charge in [-0.1, -0.05) is 6.42 Å². The van der Waals surface area contributed by atoms with Crippen LogP contribution < -0.4 is 0 Å². The van der Waals surface area contributed by atoms with Gasteiger partial charge in [-0.25, -0.2) is 0 Å². The van der Waals surface area contributed by atoms with Gasteiger partial charge in [0.05, 0.1) is 6.54 Å². The average Bonchev–Trinajstić information content (AvgIpc) is 2.57. The molecule has 0 aliphatic heterocycles. The topological polar surface area (TPSA) is 36.6 Å². The van der Waals surface area contributed by atoms with Gasteiger partial charge in [0.25, 0.3) is 0 Å². The molecule has 16 heavy (non-hydrogen) atoms. The summed E-state index contributed by atoms with van der Waals surface area (Å²) in [4.78, 5) is 2.24. The van der Waals surface area contributed by atoms with Crippen molar-refractivity contribution in [3.63, 3.8) is 0 Å². The van der Waals surface area contributed by atoms with Crippen LogP contribution in [-0.4, -0.2) is 30.2 Å². The Morgan fingerprint density at radius 2 is 2.19 bits per heavy atom. The minimum absolute atomic E-state index is 0.163. The number of aliphatic hydroxyl groups excluding tert-OH is 1. The Labute approximate surface area is 97.1 Å². The first-order valence-corrected chi connectivity index (χ1v) is 5.98. The van der Waals surface area contributed by atoms with Gasteiger partial charge in [-0.15, -0.1) is 0 Å². The van der Waals surface area contributed by atoms with Crippen LogP contribution >= 0.6 is 0 Å². The maximum atomic E-state index is 9.41. The largest absolute Gasteiger partial charge is 0.465 e. The van der Waals surface area contributed by atoms with E-state index in [0.29, 0.717) is 6.61 Å². The van der Waals surface area contributed by atoms with Gasteiger partial charge in [-0.3, -0.25) is 4.90 Å². The lowest BCUT2D eigenvalue weighted by molar-refractivity contribution is 0.0113. The third-order valence-corrected chi connectivity index (χ3v) is 3.58. The lowest BCUT2D eigenvalue weighted by atomic mass is 9.69. The van der Waals surface area contributed by atoms with Crippen molar-refractivity contribution in [2.45, 2.75) is 32.7 Å². The summed E-state index contributed by atoms with van der Waals surface area (Å²) >= 11 is 0. The number of hydrogen-bond acceptors (Lipinski definition) is 3. The van der Waals surface area contributed by atoms with Crippen LogP contribution in [0, 0.1) is 12.3 Å². The van der Waals surface area contributed by atoms with Gasteiger partial charge in [0.15, 0.2) is 0 Å². The first kappa shape index (κ1) is 11.7. The van der Waals surface area contributed by atoms with Crippen LogP contribution in [0.2, 0.25) is 0 Å². The minimum atomic E-state index is 0.163. The normalized spacial score (nSPS) is 18.8. The molecule has 0 radical (unpaired) electrons. The monoisotopic (exact) mass is 223 g/mol. The van der Waals surface area contributed by atoms with E-state index in [4.69, 9.17) is 4.42 Å². The molecule has 0 aromatic carbocycles. The predicted molar refractivity (Wildman–Crippen MR) is 63.1 cm³/mol. The number of aliphatic hydroxyl groups is 1. The molecule has 2 rings (SSSR count). The number of aryl methyl sites for hydroxylation is 1. The second-order valence-corrected chi connectivity index (χ2v) is 5.20. The summed E-state index contributed by atoms with van der Waals surface area (Å²) in [5.74, 6) is 1.97. The fourth-order valence-electron chi connectivity index (χ4n) is 2.51. The molecule has 3 nitrogen and oxygen atoms in total. The van der Waals surface area contributed by atoms with Crippen molar-refractivity contribution in [1.82, 2.24) is 4.90 Å². The van der Waals surface area contributed by atoms with Crippen LogP contribution in [0.1, 0.15) is 30.8 Å². The first-order chi connectivity index (χ1) is 7.63. The van der Waals surface area contributed by atoms with E-state index in [2.05, 4.69) is 11.9 Å². The fourth-order valence-corrected chi connectivity index (χ4v) is 2.51. The SMILES string of the molecule is Cc1ccc(CN(C)CC2(CO)CCC2)o1. The summed E-state index contributed by atoms with van der Waals surface area (Å²) in [5, 5.41) is 9.41. The summed E-state index contributed by atoms with van der Waals surface area (Å²) in [7, 11) is 2.09. The Kier molecular flexibility index (Phi) is 3.36. The van der Waals surface area contributed by atoms with E-state index in [0.717, 1.165) is 37.5 Å². The summed E-state index contributed by atoms with van der Waals surface area (Å²) in [6.45, 7) is 4.07. The minimum Gasteiger partial charge on any atom is -0.465 e. The molecule has 1 saturated carbocycles. The van der Waals surface area contributed by atoms with Gasteiger partial charge in [-0.2, -0.15) is 0 Å². The van der Waals surface area contributed by atoms with Crippen molar-refractivity contribution in [3.05, 3.63) is 23.7 Å². The van der Waals surface area contributed by atoms with Crippen molar-refractivity contribution in [2.75, 3.05) is 20.2 Å². The molecule has 0 atom stereocenters. The molecule has 0 bridgehead atoms. The number of rotatable bonds is 5. The van der Waals surface area contributed by atoms with E-state index < -0.39 is 0 Å². The number of nitrogens with zero attached hydrogens (tertiary/aromatic N) is 1. The van der Waals surface area contributed by atoms with E-state index in [1.54, 1.807) is 0 Å². The zero-order valence-electron chi connectivity index (χ0n) is 10.2. The van der Waals surface area contributed by atoms with E-state index in [9.17, 15) is 5.11 Å². The molecule has 90 valence electrons. The van der Waals surface area contributed by atoms with Crippen LogP contribution in [0.15, 0.2) is 16.5 Å². The van der Waals surface area contributed by atoms with E-state index >= 15 is 0 Å². The Bertz CT molecular complexity index is 336. The van der Waals surface area contributed by atoms with Gasteiger partial charge in [0.2, 0.25) is 0 Å². The molecule has 1 aliphatic rings. The molecule has 0 amide bonds. The van der Waals surface area contributed by atoms with Gasteiger partial charge >= 0.3 is 0 Å². The molecule has 1 heterocycles. The Hall–Kier alpha value is -0.800. The van der Waals surface area contributed by atoms with E-state index in [1.165, 1.54) is 6.42 Å². The van der Waals surface area contributed by atoms with Crippen molar-refractivity contribution >= 4 is 0 Å². The highest BCUT2D eigenvalue weighted by atomic mass is 16.3. The Morgan fingerprint density at radius 3 is 2.62 bits per heavy atom. The maximum absolute atomic E-state index is 9.41. The highest BCUT2D eigenvalue weighted by molar-refractivity contribution is 5.05. The van der Waals surface area contributed by atoms with Crippen LogP contribution in [-0.2, 0) is 6.54 Å². The lowest BCUT2D eigenvalue weighted by Gasteiger charge is -2.42. The summed E-state index contributed by atoms with van der Waals surface area (Å²) in [5.41, 5.74) is 0.163. The molecule has 1 aromatic heterocycles. The molecule has 1 aliphatic carbocycles. The third kappa shape index (κ3) is 2.47. The predicted octanol–water partition coefficient (Wildman–Crippen LogP) is 2.18. The highest BCUT2D eigenvalue weighted by Crippen LogP contribution is 2.40. The highest BCUT2D eigenvalue weighted by Gasteiger charge is 2.37. The fraction of sp³-hybridized carbons (Fsp3) is 0.692. The van der Waals surface area contributed by atoms with Crippen molar-refractivity contribution in [2.24, 2.45) is 5.41 Å². The van der Waals surface area contributed by atoms with Crippen molar-refractivity contribution in [3.8, 4) is 0 Å². The standard InChI is InChI=1S/C13H21NO2/c1-11-4-5-12(16-11)8-14(2)9-13(10-15)6-3-7-13/h4-5,15H,3,6-10H2,1-2H3. The summed E-state index contributed by atoms with van der Waals surface area (Å²) in [6.07, 6.45) is 3.57. The van der Waals surface area contributed by atoms with Crippen molar-refractivity contribution in [1.29, 1.82) is 0 Å². The van der Waals surface area contributed by atoms with Gasteiger partial charge in [0, 0.05) is 18.6 Å². The molecule has 0 spiro atoms. The van der Waals surface area contributed by atoms with Crippen LogP contribution in [0.25, 0.3) is 0 Å². The van der Waals surface area contributed by atoms with Crippen molar-refractivity contribution < 1.29 is 9.52 Å². The summed E-state index contributed by atoms with van der Waals surface area (Å²) in [6, 6.07) is 4.02. The third-order valence-electron chi connectivity index (χ3n) is 3.58. The molecule has 3 heteroatoms. The lowest BCUT2D eigenvalue weighted by Crippen LogP contribution is -2.43. The Balaban J connectivity index is 1.86. The zero-order valence-corrected chi connectivity index (χ0v) is 10.2. The number of furan rings is 1. The molecule has 1 fully saturated rings. The van der Waals surface area contributed by atoms with E-state index in [1.807, 2.05) is 19.1 Å². The number of hydrogen-bond donors (Lipinski definition) is 1. The molecular formula is C13H21NO2. The smallest absolute Gasteiger partial charge is 0.118 e. The van der Waals surface area contributed by atoms with Gasteiger partial charge in [0.1, 0.15) is 11.5 Å². The molecule has 1 N–H and O–H groups in total. The Morgan fingerprint density at radius 1 is 1.44 bits per heavy atom. The maximum Gasteiger partial charge on any atom is 0.118 e. The summed E-state index contributed by atoms with van der Waals surface area (Å²) < 4.78 is 5.55.